The monoisotopic (exact) mass is 477 g/mol. The van der Waals surface area contributed by atoms with Crippen molar-refractivity contribution in [2.45, 2.75) is 12.1 Å². The van der Waals surface area contributed by atoms with Gasteiger partial charge in [0.25, 0.3) is 0 Å². The molecule has 8 heteroatoms. The summed E-state index contributed by atoms with van der Waals surface area (Å²) in [5.74, 6) is 0.804. The van der Waals surface area contributed by atoms with Crippen LogP contribution in [0.15, 0.2) is 78.0 Å². The van der Waals surface area contributed by atoms with E-state index in [2.05, 4.69) is 21.6 Å². The summed E-state index contributed by atoms with van der Waals surface area (Å²) < 4.78 is 1.95. The molecule has 1 aromatic heterocycles. The fourth-order valence-electron chi connectivity index (χ4n) is 3.33. The Balaban J connectivity index is 1.56. The predicted octanol–water partition coefficient (Wildman–Crippen LogP) is 5.69. The van der Waals surface area contributed by atoms with E-state index >= 15 is 0 Å². The molecule has 6 nitrogen and oxygen atoms in total. The molecule has 0 aliphatic heterocycles. The van der Waals surface area contributed by atoms with Crippen molar-refractivity contribution in [1.29, 1.82) is 0 Å². The molecule has 0 aliphatic rings. The van der Waals surface area contributed by atoms with E-state index in [0.717, 1.165) is 28.2 Å². The number of carbonyl (C=O) groups excluding carboxylic acids is 1. The second-order valence-corrected chi connectivity index (χ2v) is 9.14. The Hall–Kier alpha value is -3.29. The van der Waals surface area contributed by atoms with Crippen LogP contribution in [-0.4, -0.2) is 40.5 Å². The van der Waals surface area contributed by atoms with Crippen LogP contribution in [0.3, 0.4) is 0 Å². The Morgan fingerprint density at radius 3 is 2.42 bits per heavy atom. The summed E-state index contributed by atoms with van der Waals surface area (Å²) in [6.07, 6.45) is 0. The van der Waals surface area contributed by atoms with Crippen molar-refractivity contribution in [3.8, 4) is 17.1 Å². The van der Waals surface area contributed by atoms with Gasteiger partial charge in [-0.25, -0.2) is 0 Å². The van der Waals surface area contributed by atoms with Gasteiger partial charge in [0.15, 0.2) is 11.0 Å². The third-order valence-corrected chi connectivity index (χ3v) is 6.18. The van der Waals surface area contributed by atoms with Gasteiger partial charge in [-0.1, -0.05) is 47.1 Å². The highest BCUT2D eigenvalue weighted by Gasteiger charge is 2.17. The van der Waals surface area contributed by atoms with E-state index in [1.807, 2.05) is 97.2 Å². The van der Waals surface area contributed by atoms with Crippen molar-refractivity contribution in [1.82, 2.24) is 14.8 Å². The van der Waals surface area contributed by atoms with Crippen molar-refractivity contribution in [2.24, 2.45) is 0 Å². The lowest BCUT2D eigenvalue weighted by atomic mass is 10.1. The summed E-state index contributed by atoms with van der Waals surface area (Å²) in [5, 5.41) is 13.0. The van der Waals surface area contributed by atoms with Crippen LogP contribution in [0.5, 0.6) is 0 Å². The maximum Gasteiger partial charge on any atom is 0.234 e. The molecule has 0 radical (unpaired) electrons. The van der Waals surface area contributed by atoms with Crippen molar-refractivity contribution in [3.05, 3.63) is 83.4 Å². The van der Waals surface area contributed by atoms with Gasteiger partial charge in [0.2, 0.25) is 5.91 Å². The van der Waals surface area contributed by atoms with E-state index in [1.54, 1.807) is 0 Å². The van der Waals surface area contributed by atoms with Crippen LogP contribution >= 0.6 is 23.4 Å². The number of halogens is 1. The van der Waals surface area contributed by atoms with E-state index in [4.69, 9.17) is 11.6 Å². The summed E-state index contributed by atoms with van der Waals surface area (Å²) in [7, 11) is 3.96. The van der Waals surface area contributed by atoms with Crippen LogP contribution in [0, 0.1) is 6.92 Å². The van der Waals surface area contributed by atoms with Crippen LogP contribution < -0.4 is 10.2 Å². The maximum absolute atomic E-state index is 12.6. The van der Waals surface area contributed by atoms with Gasteiger partial charge in [0.1, 0.15) is 0 Å². The number of benzene rings is 3. The second kappa shape index (κ2) is 10.1. The summed E-state index contributed by atoms with van der Waals surface area (Å²) in [4.78, 5) is 14.6. The minimum absolute atomic E-state index is 0.111. The molecule has 0 bridgehead atoms. The summed E-state index contributed by atoms with van der Waals surface area (Å²) in [6.45, 7) is 2.04. The topological polar surface area (TPSA) is 63.1 Å². The van der Waals surface area contributed by atoms with Crippen LogP contribution in [0.1, 0.15) is 5.56 Å². The zero-order valence-electron chi connectivity index (χ0n) is 18.6. The van der Waals surface area contributed by atoms with Gasteiger partial charge in [-0.2, -0.15) is 0 Å². The Morgan fingerprint density at radius 2 is 1.76 bits per heavy atom. The molecule has 168 valence electrons. The molecular weight excluding hydrogens is 454 g/mol. The third kappa shape index (κ3) is 5.56. The molecule has 0 spiro atoms. The molecule has 0 atom stereocenters. The number of thioether (sulfide) groups is 1. The zero-order chi connectivity index (χ0) is 23.4. The molecule has 33 heavy (non-hydrogen) atoms. The Morgan fingerprint density at radius 1 is 1.03 bits per heavy atom. The summed E-state index contributed by atoms with van der Waals surface area (Å²) in [5.41, 5.74) is 4.79. The molecule has 4 aromatic rings. The summed E-state index contributed by atoms with van der Waals surface area (Å²) >= 11 is 7.43. The zero-order valence-corrected chi connectivity index (χ0v) is 20.2. The number of nitrogens with one attached hydrogen (secondary N) is 1. The molecule has 1 heterocycles. The van der Waals surface area contributed by atoms with E-state index < -0.39 is 0 Å². The van der Waals surface area contributed by atoms with Crippen LogP contribution in [0.4, 0.5) is 11.4 Å². The van der Waals surface area contributed by atoms with Gasteiger partial charge < -0.3 is 10.2 Å². The Kier molecular flexibility index (Phi) is 7.01. The highest BCUT2D eigenvalue weighted by atomic mass is 35.5. The number of hydrogen-bond donors (Lipinski definition) is 1. The van der Waals surface area contributed by atoms with Gasteiger partial charge >= 0.3 is 0 Å². The molecule has 3 aromatic carbocycles. The highest BCUT2D eigenvalue weighted by molar-refractivity contribution is 7.99. The number of carbonyl (C=O) groups is 1. The molecule has 0 unspecified atom stereocenters. The minimum atomic E-state index is -0.111. The minimum Gasteiger partial charge on any atom is -0.378 e. The second-order valence-electron chi connectivity index (χ2n) is 7.77. The number of nitrogens with zero attached hydrogens (tertiary/aromatic N) is 4. The first-order chi connectivity index (χ1) is 15.9. The largest absolute Gasteiger partial charge is 0.378 e. The molecule has 1 amide bonds. The molecule has 0 saturated heterocycles. The standard InChI is InChI=1S/C25H24ClN5OS/c1-17-5-4-6-18(15-17)24-28-29-25(31(24)22-11-7-19(26)8-12-22)33-16-23(32)27-20-9-13-21(14-10-20)30(2)3/h4-15H,16H2,1-3H3,(H,27,32). The number of anilines is 2. The van der Waals surface area contributed by atoms with E-state index in [1.165, 1.54) is 11.8 Å². The SMILES string of the molecule is Cc1cccc(-c2nnc(SCC(=O)Nc3ccc(N(C)C)cc3)n2-c2ccc(Cl)cc2)c1. The van der Waals surface area contributed by atoms with Crippen molar-refractivity contribution in [3.63, 3.8) is 0 Å². The molecule has 0 saturated carbocycles. The number of rotatable bonds is 7. The normalized spacial score (nSPS) is 10.8. The van der Waals surface area contributed by atoms with Crippen LogP contribution in [0.2, 0.25) is 5.02 Å². The number of aryl methyl sites for hydroxylation is 1. The van der Waals surface area contributed by atoms with E-state index in [0.29, 0.717) is 16.0 Å². The number of aromatic nitrogens is 3. The van der Waals surface area contributed by atoms with Gasteiger partial charge in [-0.05, 0) is 61.5 Å². The van der Waals surface area contributed by atoms with E-state index in [-0.39, 0.29) is 11.7 Å². The quantitative estimate of drug-likeness (QED) is 0.346. The average molecular weight is 478 g/mol. The Labute approximate surface area is 202 Å². The lowest BCUT2D eigenvalue weighted by molar-refractivity contribution is -0.113. The molecule has 0 aliphatic carbocycles. The fraction of sp³-hybridized carbons (Fsp3) is 0.160. The maximum atomic E-state index is 12.6. The van der Waals surface area contributed by atoms with Gasteiger partial charge in [0.05, 0.1) is 5.75 Å². The predicted molar refractivity (Wildman–Crippen MR) is 137 cm³/mol. The van der Waals surface area contributed by atoms with E-state index in [9.17, 15) is 4.79 Å². The van der Waals surface area contributed by atoms with Gasteiger partial charge in [-0.3, -0.25) is 9.36 Å². The van der Waals surface area contributed by atoms with Crippen LogP contribution in [-0.2, 0) is 4.79 Å². The lowest BCUT2D eigenvalue weighted by Gasteiger charge is -2.13. The van der Waals surface area contributed by atoms with Crippen molar-refractivity contribution in [2.75, 3.05) is 30.1 Å². The first kappa shape index (κ1) is 22.9. The first-order valence-corrected chi connectivity index (χ1v) is 11.8. The smallest absolute Gasteiger partial charge is 0.234 e. The third-order valence-electron chi connectivity index (χ3n) is 4.99. The molecule has 0 fully saturated rings. The molecule has 4 rings (SSSR count). The molecular formula is C25H24ClN5OS. The average Bonchev–Trinajstić information content (AvgIpc) is 3.22. The van der Waals surface area contributed by atoms with Crippen LogP contribution in [0.25, 0.3) is 17.1 Å². The summed E-state index contributed by atoms with van der Waals surface area (Å²) in [6, 6.07) is 23.3. The fourth-order valence-corrected chi connectivity index (χ4v) is 4.21. The van der Waals surface area contributed by atoms with Gasteiger partial charge in [0, 0.05) is 41.7 Å². The lowest BCUT2D eigenvalue weighted by Crippen LogP contribution is -2.15. The number of amides is 1. The number of hydrogen-bond acceptors (Lipinski definition) is 5. The van der Waals surface area contributed by atoms with Gasteiger partial charge in [-0.15, -0.1) is 10.2 Å². The molecule has 1 N–H and O–H groups in total. The van der Waals surface area contributed by atoms with Crippen molar-refractivity contribution >= 4 is 40.6 Å². The first-order valence-electron chi connectivity index (χ1n) is 10.4. The van der Waals surface area contributed by atoms with Crippen molar-refractivity contribution < 1.29 is 4.79 Å². The Bertz CT molecular complexity index is 1250. The highest BCUT2D eigenvalue weighted by Crippen LogP contribution is 2.29.